The maximum Gasteiger partial charge on any atom is 0.222 e. The van der Waals surface area contributed by atoms with Crippen molar-refractivity contribution in [3.8, 4) is 0 Å². The summed E-state index contributed by atoms with van der Waals surface area (Å²) in [6.07, 6.45) is 1.13. The summed E-state index contributed by atoms with van der Waals surface area (Å²) >= 11 is 0. The third-order valence-electron chi connectivity index (χ3n) is 2.68. The summed E-state index contributed by atoms with van der Waals surface area (Å²) in [5.41, 5.74) is 1.11. The highest BCUT2D eigenvalue weighted by molar-refractivity contribution is 5.76. The van der Waals surface area contributed by atoms with Crippen LogP contribution in [-0.4, -0.2) is 24.4 Å². The topological polar surface area (TPSA) is 20.3 Å². The van der Waals surface area contributed by atoms with Crippen LogP contribution < -0.4 is 0 Å². The molecule has 18 heavy (non-hydrogen) atoms. The number of rotatable bonds is 4. The molecule has 100 valence electrons. The van der Waals surface area contributed by atoms with Gasteiger partial charge >= 0.3 is 0 Å². The number of amides is 1. The molecule has 0 saturated heterocycles. The van der Waals surface area contributed by atoms with E-state index in [-0.39, 0.29) is 17.1 Å². The number of benzene rings is 1. The molecule has 0 aliphatic rings. The lowest BCUT2D eigenvalue weighted by Crippen LogP contribution is -2.34. The van der Waals surface area contributed by atoms with Crippen molar-refractivity contribution in [2.75, 3.05) is 13.6 Å². The van der Waals surface area contributed by atoms with Gasteiger partial charge in [-0.15, -0.1) is 0 Å². The van der Waals surface area contributed by atoms with E-state index in [0.29, 0.717) is 12.8 Å². The van der Waals surface area contributed by atoms with Crippen LogP contribution in [0.25, 0.3) is 0 Å². The van der Waals surface area contributed by atoms with Crippen LogP contribution in [0.5, 0.6) is 0 Å². The van der Waals surface area contributed by atoms with Gasteiger partial charge in [0.1, 0.15) is 5.82 Å². The molecule has 0 heterocycles. The van der Waals surface area contributed by atoms with E-state index in [0.717, 1.165) is 12.1 Å². The average Bonchev–Trinajstić information content (AvgIpc) is 2.25. The normalized spacial score (nSPS) is 11.4. The quantitative estimate of drug-likeness (QED) is 0.804. The van der Waals surface area contributed by atoms with Gasteiger partial charge in [0.2, 0.25) is 5.91 Å². The molecule has 1 amide bonds. The number of carbonyl (C=O) groups excluding carboxylic acids is 1. The highest BCUT2D eigenvalue weighted by atomic mass is 19.1. The second-order valence-electron chi connectivity index (χ2n) is 5.94. The van der Waals surface area contributed by atoms with Crippen molar-refractivity contribution in [3.63, 3.8) is 0 Å². The summed E-state index contributed by atoms with van der Waals surface area (Å²) in [5.74, 6) is -0.107. The molecule has 1 aromatic carbocycles. The van der Waals surface area contributed by atoms with Crippen LogP contribution in [0.15, 0.2) is 24.3 Å². The van der Waals surface area contributed by atoms with Gasteiger partial charge in [-0.1, -0.05) is 32.9 Å². The molecule has 3 heteroatoms. The number of nitrogens with zero attached hydrogens (tertiary/aromatic N) is 1. The van der Waals surface area contributed by atoms with E-state index >= 15 is 0 Å². The van der Waals surface area contributed by atoms with Crippen molar-refractivity contribution in [3.05, 3.63) is 35.6 Å². The fourth-order valence-electron chi connectivity index (χ4n) is 1.89. The number of aryl methyl sites for hydroxylation is 1. The molecule has 1 rings (SSSR count). The summed E-state index contributed by atoms with van der Waals surface area (Å²) in [5, 5.41) is 0. The zero-order valence-corrected chi connectivity index (χ0v) is 11.7. The van der Waals surface area contributed by atoms with E-state index in [9.17, 15) is 9.18 Å². The van der Waals surface area contributed by atoms with Crippen LogP contribution in [0.2, 0.25) is 0 Å². The van der Waals surface area contributed by atoms with E-state index in [2.05, 4.69) is 20.8 Å². The maximum absolute atomic E-state index is 12.7. The Morgan fingerprint density at radius 2 is 1.78 bits per heavy atom. The predicted molar refractivity (Wildman–Crippen MR) is 71.8 cm³/mol. The smallest absolute Gasteiger partial charge is 0.222 e. The number of hydrogen-bond donors (Lipinski definition) is 0. The van der Waals surface area contributed by atoms with Crippen LogP contribution in [-0.2, 0) is 11.2 Å². The highest BCUT2D eigenvalue weighted by Crippen LogP contribution is 2.15. The standard InChI is InChI=1S/C15H22FNO/c1-15(2,3)11-17(4)14(18)10-7-12-5-8-13(16)9-6-12/h5-6,8-9H,7,10-11H2,1-4H3. The van der Waals surface area contributed by atoms with E-state index < -0.39 is 0 Å². The summed E-state index contributed by atoms with van der Waals surface area (Å²) in [4.78, 5) is 13.7. The molecule has 0 aliphatic carbocycles. The predicted octanol–water partition coefficient (Wildman–Crippen LogP) is 3.26. The van der Waals surface area contributed by atoms with Crippen LogP contribution >= 0.6 is 0 Å². The molecule has 0 unspecified atom stereocenters. The Balaban J connectivity index is 2.43. The van der Waals surface area contributed by atoms with Gasteiger partial charge in [0.25, 0.3) is 0 Å². The molecule has 0 fully saturated rings. The lowest BCUT2D eigenvalue weighted by Gasteiger charge is -2.26. The Morgan fingerprint density at radius 3 is 2.28 bits per heavy atom. The minimum atomic E-state index is -0.241. The Kier molecular flexibility index (Phi) is 4.88. The highest BCUT2D eigenvalue weighted by Gasteiger charge is 2.17. The molecule has 0 spiro atoms. The number of carbonyl (C=O) groups is 1. The molecule has 0 saturated carbocycles. The van der Waals surface area contributed by atoms with Crippen LogP contribution in [0.4, 0.5) is 4.39 Å². The molecule has 0 N–H and O–H groups in total. The molecular formula is C15H22FNO. The van der Waals surface area contributed by atoms with Gasteiger partial charge in [0.15, 0.2) is 0 Å². The maximum atomic E-state index is 12.7. The fraction of sp³-hybridized carbons (Fsp3) is 0.533. The lowest BCUT2D eigenvalue weighted by molar-refractivity contribution is -0.131. The van der Waals surface area contributed by atoms with E-state index in [1.165, 1.54) is 12.1 Å². The van der Waals surface area contributed by atoms with Crippen molar-refractivity contribution in [2.45, 2.75) is 33.6 Å². The van der Waals surface area contributed by atoms with Crippen LogP contribution in [0.3, 0.4) is 0 Å². The first-order valence-electron chi connectivity index (χ1n) is 6.26. The lowest BCUT2D eigenvalue weighted by atomic mass is 9.96. The third kappa shape index (κ3) is 5.30. The van der Waals surface area contributed by atoms with Gasteiger partial charge < -0.3 is 4.90 Å². The Morgan fingerprint density at radius 1 is 1.22 bits per heavy atom. The summed E-state index contributed by atoms with van der Waals surface area (Å²) in [6, 6.07) is 6.32. The average molecular weight is 251 g/mol. The molecule has 0 atom stereocenters. The Labute approximate surface area is 109 Å². The minimum absolute atomic E-state index is 0.111. The summed E-state index contributed by atoms with van der Waals surface area (Å²) in [6.45, 7) is 7.07. The molecule has 2 nitrogen and oxygen atoms in total. The molecule has 0 aromatic heterocycles. The Hall–Kier alpha value is -1.38. The van der Waals surface area contributed by atoms with Gasteiger partial charge in [0, 0.05) is 20.0 Å². The second kappa shape index (κ2) is 5.98. The zero-order valence-electron chi connectivity index (χ0n) is 11.7. The monoisotopic (exact) mass is 251 g/mol. The zero-order chi connectivity index (χ0) is 13.8. The van der Waals surface area contributed by atoms with Crippen LogP contribution in [0.1, 0.15) is 32.8 Å². The first-order chi connectivity index (χ1) is 8.28. The summed E-state index contributed by atoms with van der Waals surface area (Å²) in [7, 11) is 1.83. The van der Waals surface area contributed by atoms with Gasteiger partial charge in [-0.25, -0.2) is 4.39 Å². The van der Waals surface area contributed by atoms with E-state index in [4.69, 9.17) is 0 Å². The third-order valence-corrected chi connectivity index (χ3v) is 2.68. The van der Waals surface area contributed by atoms with Crippen LogP contribution in [0, 0.1) is 11.2 Å². The molecular weight excluding hydrogens is 229 g/mol. The molecule has 0 radical (unpaired) electrons. The van der Waals surface area contributed by atoms with Crippen molar-refractivity contribution in [2.24, 2.45) is 5.41 Å². The molecule has 0 aliphatic heterocycles. The van der Waals surface area contributed by atoms with E-state index in [1.807, 2.05) is 7.05 Å². The fourth-order valence-corrected chi connectivity index (χ4v) is 1.89. The van der Waals surface area contributed by atoms with Crippen molar-refractivity contribution in [1.29, 1.82) is 0 Å². The molecule has 1 aromatic rings. The van der Waals surface area contributed by atoms with Gasteiger partial charge in [-0.05, 0) is 29.5 Å². The first kappa shape index (κ1) is 14.7. The van der Waals surface area contributed by atoms with Crippen molar-refractivity contribution in [1.82, 2.24) is 4.90 Å². The SMILES string of the molecule is CN(CC(C)(C)C)C(=O)CCc1ccc(F)cc1. The minimum Gasteiger partial charge on any atom is -0.345 e. The number of hydrogen-bond acceptors (Lipinski definition) is 1. The van der Waals surface area contributed by atoms with E-state index in [1.54, 1.807) is 17.0 Å². The second-order valence-corrected chi connectivity index (χ2v) is 5.94. The largest absolute Gasteiger partial charge is 0.345 e. The first-order valence-corrected chi connectivity index (χ1v) is 6.26. The Bertz CT molecular complexity index is 392. The number of halogens is 1. The van der Waals surface area contributed by atoms with Crippen molar-refractivity contribution >= 4 is 5.91 Å². The van der Waals surface area contributed by atoms with Gasteiger partial charge in [-0.3, -0.25) is 4.79 Å². The van der Waals surface area contributed by atoms with Crippen molar-refractivity contribution < 1.29 is 9.18 Å². The van der Waals surface area contributed by atoms with Gasteiger partial charge in [-0.2, -0.15) is 0 Å². The van der Waals surface area contributed by atoms with Gasteiger partial charge in [0.05, 0.1) is 0 Å². The molecule has 0 bridgehead atoms. The summed E-state index contributed by atoms with van der Waals surface area (Å²) < 4.78 is 12.7.